The fourth-order valence-corrected chi connectivity index (χ4v) is 1.31. The number of hydrogen-bond donors (Lipinski definition) is 0. The quantitative estimate of drug-likeness (QED) is 0.508. The van der Waals surface area contributed by atoms with Crippen molar-refractivity contribution in [2.45, 2.75) is 26.2 Å². The SMILES string of the molecule is C=CC(C)(CBr)CC(C)(F)F. The van der Waals surface area contributed by atoms with Crippen LogP contribution in [-0.2, 0) is 0 Å². The first-order valence-corrected chi connectivity index (χ1v) is 4.52. The molecular weight excluding hydrogens is 214 g/mol. The van der Waals surface area contributed by atoms with Crippen molar-refractivity contribution in [3.05, 3.63) is 12.7 Å². The van der Waals surface area contributed by atoms with Crippen LogP contribution in [0.3, 0.4) is 0 Å². The van der Waals surface area contributed by atoms with Crippen LogP contribution in [0.2, 0.25) is 0 Å². The third-order valence-electron chi connectivity index (χ3n) is 1.51. The lowest BCUT2D eigenvalue weighted by Gasteiger charge is -2.26. The van der Waals surface area contributed by atoms with Crippen LogP contribution >= 0.6 is 15.9 Å². The molecule has 0 aromatic carbocycles. The fraction of sp³-hybridized carbons (Fsp3) is 0.750. The monoisotopic (exact) mass is 226 g/mol. The molecule has 0 heterocycles. The van der Waals surface area contributed by atoms with E-state index in [2.05, 4.69) is 22.5 Å². The van der Waals surface area contributed by atoms with Crippen LogP contribution in [0.25, 0.3) is 0 Å². The van der Waals surface area contributed by atoms with E-state index in [0.29, 0.717) is 5.33 Å². The molecule has 0 spiro atoms. The van der Waals surface area contributed by atoms with Gasteiger partial charge in [0, 0.05) is 17.2 Å². The fourth-order valence-electron chi connectivity index (χ4n) is 0.883. The molecule has 0 aliphatic carbocycles. The molecule has 0 saturated carbocycles. The molecule has 0 aromatic heterocycles. The maximum Gasteiger partial charge on any atom is 0.246 e. The molecule has 3 heteroatoms. The molecule has 0 aromatic rings. The van der Waals surface area contributed by atoms with Crippen LogP contribution in [-0.4, -0.2) is 11.3 Å². The maximum atomic E-state index is 12.5. The van der Waals surface area contributed by atoms with Gasteiger partial charge in [-0.3, -0.25) is 0 Å². The zero-order valence-electron chi connectivity index (χ0n) is 6.83. The van der Waals surface area contributed by atoms with Gasteiger partial charge in [-0.25, -0.2) is 8.78 Å². The summed E-state index contributed by atoms with van der Waals surface area (Å²) in [5.74, 6) is -2.61. The van der Waals surface area contributed by atoms with Crippen molar-refractivity contribution in [3.8, 4) is 0 Å². The highest BCUT2D eigenvalue weighted by molar-refractivity contribution is 9.09. The Morgan fingerprint density at radius 1 is 1.45 bits per heavy atom. The summed E-state index contributed by atoms with van der Waals surface area (Å²) >= 11 is 3.18. The summed E-state index contributed by atoms with van der Waals surface area (Å²) in [6.07, 6.45) is 1.41. The van der Waals surface area contributed by atoms with Crippen molar-refractivity contribution in [1.29, 1.82) is 0 Å². The Kier molecular flexibility index (Phi) is 3.68. The van der Waals surface area contributed by atoms with Gasteiger partial charge in [0.1, 0.15) is 0 Å². The van der Waals surface area contributed by atoms with Gasteiger partial charge in [0.05, 0.1) is 0 Å². The first-order valence-electron chi connectivity index (χ1n) is 3.40. The largest absolute Gasteiger partial charge is 0.246 e. The minimum Gasteiger partial charge on any atom is -0.207 e. The Morgan fingerprint density at radius 3 is 2.00 bits per heavy atom. The van der Waals surface area contributed by atoms with Gasteiger partial charge in [-0.1, -0.05) is 28.9 Å². The zero-order valence-corrected chi connectivity index (χ0v) is 8.42. The Bertz CT molecular complexity index is 140. The van der Waals surface area contributed by atoms with Gasteiger partial charge < -0.3 is 0 Å². The molecule has 1 atom stereocenters. The molecule has 0 amide bonds. The van der Waals surface area contributed by atoms with Crippen molar-refractivity contribution >= 4 is 15.9 Å². The van der Waals surface area contributed by atoms with E-state index < -0.39 is 11.3 Å². The van der Waals surface area contributed by atoms with Gasteiger partial charge in [-0.15, -0.1) is 6.58 Å². The highest BCUT2D eigenvalue weighted by atomic mass is 79.9. The first kappa shape index (κ1) is 11.1. The van der Waals surface area contributed by atoms with E-state index in [0.717, 1.165) is 6.92 Å². The Balaban J connectivity index is 4.19. The first-order chi connectivity index (χ1) is 4.83. The molecule has 0 aliphatic rings. The summed E-state index contributed by atoms with van der Waals surface area (Å²) in [4.78, 5) is 0. The molecule has 0 saturated heterocycles. The van der Waals surface area contributed by atoms with E-state index >= 15 is 0 Å². The van der Waals surface area contributed by atoms with Gasteiger partial charge in [-0.2, -0.15) is 0 Å². The van der Waals surface area contributed by atoms with Gasteiger partial charge in [-0.05, 0) is 6.92 Å². The molecule has 0 N–H and O–H groups in total. The average molecular weight is 227 g/mol. The molecule has 0 fully saturated rings. The molecule has 1 unspecified atom stereocenters. The number of allylic oxidation sites excluding steroid dienone is 1. The van der Waals surface area contributed by atoms with Crippen molar-refractivity contribution in [1.82, 2.24) is 0 Å². The summed E-state index contributed by atoms with van der Waals surface area (Å²) in [5.41, 5.74) is -0.502. The molecule has 0 aliphatic heterocycles. The maximum absolute atomic E-state index is 12.5. The Hall–Kier alpha value is 0.0800. The predicted octanol–water partition coefficient (Wildman–Crippen LogP) is 3.62. The van der Waals surface area contributed by atoms with E-state index in [4.69, 9.17) is 0 Å². The molecule has 0 nitrogen and oxygen atoms in total. The molecule has 0 radical (unpaired) electrons. The number of hydrogen-bond acceptors (Lipinski definition) is 0. The zero-order chi connectivity index (χ0) is 9.12. The normalized spacial score (nSPS) is 17.5. The van der Waals surface area contributed by atoms with Gasteiger partial charge >= 0.3 is 0 Å². The van der Waals surface area contributed by atoms with Crippen LogP contribution in [0.4, 0.5) is 8.78 Å². The minimum absolute atomic E-state index is 0.158. The Morgan fingerprint density at radius 2 is 1.91 bits per heavy atom. The van der Waals surface area contributed by atoms with E-state index in [-0.39, 0.29) is 6.42 Å². The second kappa shape index (κ2) is 3.65. The molecule has 11 heavy (non-hydrogen) atoms. The standard InChI is InChI=1S/C8H13BrF2/c1-4-7(2,6-9)5-8(3,10)11/h4H,1,5-6H2,2-3H3. The van der Waals surface area contributed by atoms with E-state index in [9.17, 15) is 8.78 Å². The third-order valence-corrected chi connectivity index (χ3v) is 2.79. The number of rotatable bonds is 4. The van der Waals surface area contributed by atoms with E-state index in [1.54, 1.807) is 13.0 Å². The molecule has 0 rings (SSSR count). The highest BCUT2D eigenvalue weighted by Gasteiger charge is 2.32. The van der Waals surface area contributed by atoms with Crippen LogP contribution in [0.1, 0.15) is 20.3 Å². The summed E-state index contributed by atoms with van der Waals surface area (Å²) in [7, 11) is 0. The topological polar surface area (TPSA) is 0 Å². The van der Waals surface area contributed by atoms with Gasteiger partial charge in [0.15, 0.2) is 0 Å². The van der Waals surface area contributed by atoms with Gasteiger partial charge in [0.2, 0.25) is 5.92 Å². The lowest BCUT2D eigenvalue weighted by Crippen LogP contribution is -2.25. The average Bonchev–Trinajstić information content (AvgIpc) is 1.84. The predicted molar refractivity (Wildman–Crippen MR) is 47.3 cm³/mol. The van der Waals surface area contributed by atoms with Crippen molar-refractivity contribution in [2.75, 3.05) is 5.33 Å². The lowest BCUT2D eigenvalue weighted by molar-refractivity contribution is -0.0101. The molecule has 66 valence electrons. The number of alkyl halides is 3. The smallest absolute Gasteiger partial charge is 0.207 e. The van der Waals surface area contributed by atoms with Crippen molar-refractivity contribution < 1.29 is 8.78 Å². The third kappa shape index (κ3) is 4.51. The van der Waals surface area contributed by atoms with E-state index in [1.807, 2.05) is 0 Å². The van der Waals surface area contributed by atoms with Crippen molar-refractivity contribution in [3.63, 3.8) is 0 Å². The van der Waals surface area contributed by atoms with Crippen LogP contribution in [0.15, 0.2) is 12.7 Å². The second-order valence-electron chi connectivity index (χ2n) is 3.24. The molecule has 0 bridgehead atoms. The van der Waals surface area contributed by atoms with Gasteiger partial charge in [0.25, 0.3) is 0 Å². The Labute approximate surface area is 74.8 Å². The van der Waals surface area contributed by atoms with Crippen LogP contribution < -0.4 is 0 Å². The second-order valence-corrected chi connectivity index (χ2v) is 3.80. The van der Waals surface area contributed by atoms with Crippen molar-refractivity contribution in [2.24, 2.45) is 5.41 Å². The van der Waals surface area contributed by atoms with Crippen LogP contribution in [0, 0.1) is 5.41 Å². The molecular formula is C8H13BrF2. The summed E-state index contributed by atoms with van der Waals surface area (Å²) in [6.45, 7) is 6.21. The lowest BCUT2D eigenvalue weighted by atomic mass is 9.87. The number of halogens is 3. The minimum atomic E-state index is -2.61. The highest BCUT2D eigenvalue weighted by Crippen LogP contribution is 2.34. The van der Waals surface area contributed by atoms with Crippen LogP contribution in [0.5, 0.6) is 0 Å². The van der Waals surface area contributed by atoms with E-state index in [1.165, 1.54) is 0 Å². The summed E-state index contributed by atoms with van der Waals surface area (Å²) < 4.78 is 25.0. The summed E-state index contributed by atoms with van der Waals surface area (Å²) in [6, 6.07) is 0. The summed E-state index contributed by atoms with van der Waals surface area (Å²) in [5, 5.41) is 0.521.